The molecular weight excluding hydrogens is 488 g/mol. The summed E-state index contributed by atoms with van der Waals surface area (Å²) in [7, 11) is 0. The molecule has 4 aromatic rings. The van der Waals surface area contributed by atoms with Crippen molar-refractivity contribution in [3.05, 3.63) is 150 Å². The quantitative estimate of drug-likeness (QED) is 0.195. The lowest BCUT2D eigenvalue weighted by Crippen LogP contribution is -2.49. The minimum absolute atomic E-state index is 0.326. The molecule has 0 aromatic heterocycles. The van der Waals surface area contributed by atoms with E-state index in [0.29, 0.717) is 33.0 Å². The SMILES string of the molecule is C1=C(COc2ccccc2)[C@@H](OCc2ccccc2)[C@@H](OCc2ccccc2)[C@@H](COCc2ccccc2)O1. The molecule has 0 aliphatic carbocycles. The van der Waals surface area contributed by atoms with Crippen molar-refractivity contribution in [2.45, 2.75) is 38.1 Å². The normalized spacial score (nSPS) is 18.7. The van der Waals surface area contributed by atoms with Gasteiger partial charge in [-0.3, -0.25) is 0 Å². The van der Waals surface area contributed by atoms with E-state index in [-0.39, 0.29) is 12.2 Å². The maximum absolute atomic E-state index is 6.56. The Kier molecular flexibility index (Phi) is 9.79. The smallest absolute Gasteiger partial charge is 0.150 e. The monoisotopic (exact) mass is 522 g/mol. The summed E-state index contributed by atoms with van der Waals surface area (Å²) in [5.41, 5.74) is 4.16. The summed E-state index contributed by atoms with van der Waals surface area (Å²) in [6.07, 6.45) is 0.636. The largest absolute Gasteiger partial charge is 0.493 e. The molecule has 0 unspecified atom stereocenters. The number of benzene rings is 4. The van der Waals surface area contributed by atoms with Crippen molar-refractivity contribution in [3.8, 4) is 5.75 Å². The fourth-order valence-electron chi connectivity index (χ4n) is 4.45. The highest BCUT2D eigenvalue weighted by Crippen LogP contribution is 2.28. The molecule has 3 atom stereocenters. The molecule has 0 fully saturated rings. The molecule has 0 N–H and O–H groups in total. The predicted molar refractivity (Wildman–Crippen MR) is 151 cm³/mol. The number of hydrogen-bond donors (Lipinski definition) is 0. The van der Waals surface area contributed by atoms with E-state index in [0.717, 1.165) is 28.0 Å². The van der Waals surface area contributed by atoms with Crippen LogP contribution in [0.4, 0.5) is 0 Å². The molecule has 5 heteroatoms. The van der Waals surface area contributed by atoms with Gasteiger partial charge in [-0.15, -0.1) is 0 Å². The number of hydrogen-bond acceptors (Lipinski definition) is 5. The average Bonchev–Trinajstić information content (AvgIpc) is 3.00. The Bertz CT molecular complexity index is 1260. The van der Waals surface area contributed by atoms with Crippen LogP contribution in [-0.2, 0) is 38.8 Å². The van der Waals surface area contributed by atoms with E-state index in [1.54, 1.807) is 6.26 Å². The fourth-order valence-corrected chi connectivity index (χ4v) is 4.45. The number of rotatable bonds is 13. The predicted octanol–water partition coefficient (Wildman–Crippen LogP) is 6.74. The van der Waals surface area contributed by atoms with Crippen LogP contribution < -0.4 is 4.74 Å². The summed E-state index contributed by atoms with van der Waals surface area (Å²) in [5.74, 6) is 0.787. The molecule has 5 rings (SSSR count). The van der Waals surface area contributed by atoms with Crippen molar-refractivity contribution in [3.63, 3.8) is 0 Å². The van der Waals surface area contributed by atoms with Gasteiger partial charge in [0.05, 0.1) is 32.7 Å². The standard InChI is InChI=1S/C34H34O5/c1-5-13-27(14-6-1)21-35-26-32-34(39-23-29-17-9-3-10-18-29)33(38-22-28-15-7-2-8-16-28)30(25-37-32)24-36-31-19-11-4-12-20-31/h1-20,25,32-34H,21-24,26H2/t32-,33-,34+/m1/s1. The molecule has 0 amide bonds. The molecule has 0 bridgehead atoms. The molecule has 0 spiro atoms. The Morgan fingerprint density at radius 1 is 0.538 bits per heavy atom. The minimum Gasteiger partial charge on any atom is -0.493 e. The van der Waals surface area contributed by atoms with Crippen molar-refractivity contribution in [1.82, 2.24) is 0 Å². The average molecular weight is 523 g/mol. The van der Waals surface area contributed by atoms with Gasteiger partial charge in [0.2, 0.25) is 0 Å². The second-order valence-corrected chi connectivity index (χ2v) is 9.45. The van der Waals surface area contributed by atoms with Crippen molar-refractivity contribution in [2.24, 2.45) is 0 Å². The summed E-state index contributed by atoms with van der Waals surface area (Å²) >= 11 is 0. The lowest BCUT2D eigenvalue weighted by Gasteiger charge is -2.38. The molecule has 4 aromatic carbocycles. The van der Waals surface area contributed by atoms with Gasteiger partial charge in [-0.05, 0) is 28.8 Å². The summed E-state index contributed by atoms with van der Waals surface area (Å²) in [5, 5.41) is 0. The first-order valence-corrected chi connectivity index (χ1v) is 13.3. The number of para-hydroxylation sites is 1. The second kappa shape index (κ2) is 14.3. The van der Waals surface area contributed by atoms with Gasteiger partial charge < -0.3 is 23.7 Å². The van der Waals surface area contributed by atoms with Crippen LogP contribution in [0.5, 0.6) is 5.75 Å². The molecule has 1 heterocycles. The van der Waals surface area contributed by atoms with E-state index in [2.05, 4.69) is 36.4 Å². The van der Waals surface area contributed by atoms with Crippen LogP contribution in [0.15, 0.2) is 133 Å². The third-order valence-corrected chi connectivity index (χ3v) is 6.52. The van der Waals surface area contributed by atoms with Crippen molar-refractivity contribution in [1.29, 1.82) is 0 Å². The first-order chi connectivity index (χ1) is 19.3. The van der Waals surface area contributed by atoms with Gasteiger partial charge in [0.1, 0.15) is 30.7 Å². The molecule has 5 nitrogen and oxygen atoms in total. The Labute approximate surface area is 230 Å². The zero-order valence-electron chi connectivity index (χ0n) is 21.9. The minimum atomic E-state index is -0.399. The van der Waals surface area contributed by atoms with Gasteiger partial charge in [-0.1, -0.05) is 109 Å². The van der Waals surface area contributed by atoms with Crippen LogP contribution in [0.3, 0.4) is 0 Å². The fraction of sp³-hybridized carbons (Fsp3) is 0.235. The van der Waals surface area contributed by atoms with Crippen LogP contribution >= 0.6 is 0 Å². The zero-order valence-corrected chi connectivity index (χ0v) is 21.9. The van der Waals surface area contributed by atoms with Gasteiger partial charge in [0, 0.05) is 5.57 Å². The first kappa shape index (κ1) is 26.7. The highest BCUT2D eigenvalue weighted by Gasteiger charge is 2.39. The van der Waals surface area contributed by atoms with Crippen LogP contribution in [0.1, 0.15) is 16.7 Å². The Morgan fingerprint density at radius 2 is 1.05 bits per heavy atom. The Balaban J connectivity index is 1.34. The van der Waals surface area contributed by atoms with Crippen LogP contribution in [0.2, 0.25) is 0 Å². The molecule has 1 aliphatic rings. The van der Waals surface area contributed by atoms with Gasteiger partial charge in [0.15, 0.2) is 0 Å². The van der Waals surface area contributed by atoms with Crippen LogP contribution in [-0.4, -0.2) is 31.5 Å². The van der Waals surface area contributed by atoms with Crippen molar-refractivity contribution >= 4 is 0 Å². The lowest BCUT2D eigenvalue weighted by molar-refractivity contribution is -0.153. The Morgan fingerprint density at radius 3 is 1.64 bits per heavy atom. The first-order valence-electron chi connectivity index (χ1n) is 13.3. The van der Waals surface area contributed by atoms with E-state index >= 15 is 0 Å². The zero-order chi connectivity index (χ0) is 26.5. The van der Waals surface area contributed by atoms with E-state index in [1.165, 1.54) is 0 Å². The second-order valence-electron chi connectivity index (χ2n) is 9.45. The van der Waals surface area contributed by atoms with E-state index in [1.807, 2.05) is 84.9 Å². The third-order valence-electron chi connectivity index (χ3n) is 6.52. The maximum atomic E-state index is 6.56. The highest BCUT2D eigenvalue weighted by atomic mass is 16.6. The van der Waals surface area contributed by atoms with Crippen LogP contribution in [0, 0.1) is 0 Å². The van der Waals surface area contributed by atoms with E-state index < -0.39 is 6.10 Å². The summed E-state index contributed by atoms with van der Waals surface area (Å²) < 4.78 is 31.5. The summed E-state index contributed by atoms with van der Waals surface area (Å²) in [4.78, 5) is 0. The molecule has 0 radical (unpaired) electrons. The molecule has 200 valence electrons. The third kappa shape index (κ3) is 8.04. The molecule has 0 saturated carbocycles. The van der Waals surface area contributed by atoms with Crippen molar-refractivity contribution in [2.75, 3.05) is 13.2 Å². The van der Waals surface area contributed by atoms with Crippen LogP contribution in [0.25, 0.3) is 0 Å². The van der Waals surface area contributed by atoms with Gasteiger partial charge >= 0.3 is 0 Å². The molecule has 0 saturated heterocycles. The molecular formula is C34H34O5. The van der Waals surface area contributed by atoms with E-state index in [9.17, 15) is 0 Å². The molecule has 39 heavy (non-hydrogen) atoms. The lowest BCUT2D eigenvalue weighted by atomic mass is 9.98. The molecule has 1 aliphatic heterocycles. The topological polar surface area (TPSA) is 46.2 Å². The summed E-state index contributed by atoms with van der Waals surface area (Å²) in [6, 6.07) is 40.2. The van der Waals surface area contributed by atoms with Gasteiger partial charge in [-0.2, -0.15) is 0 Å². The highest BCUT2D eigenvalue weighted by molar-refractivity contribution is 5.24. The van der Waals surface area contributed by atoms with Gasteiger partial charge in [0.25, 0.3) is 0 Å². The van der Waals surface area contributed by atoms with E-state index in [4.69, 9.17) is 23.7 Å². The van der Waals surface area contributed by atoms with Crippen molar-refractivity contribution < 1.29 is 23.7 Å². The summed E-state index contributed by atoms with van der Waals surface area (Å²) in [6.45, 7) is 2.06. The Hall–Kier alpha value is -3.90. The maximum Gasteiger partial charge on any atom is 0.150 e. The number of ether oxygens (including phenoxy) is 5. The van der Waals surface area contributed by atoms with Gasteiger partial charge in [-0.25, -0.2) is 0 Å².